The number of piperazine rings is 1. The van der Waals surface area contributed by atoms with Gasteiger partial charge in [-0.2, -0.15) is 5.26 Å². The fourth-order valence-electron chi connectivity index (χ4n) is 3.36. The van der Waals surface area contributed by atoms with Crippen molar-refractivity contribution in [3.05, 3.63) is 29.8 Å². The van der Waals surface area contributed by atoms with Crippen molar-refractivity contribution >= 4 is 5.91 Å². The molecule has 0 saturated carbocycles. The molecule has 25 heavy (non-hydrogen) atoms. The van der Waals surface area contributed by atoms with Crippen molar-refractivity contribution in [3.63, 3.8) is 0 Å². The van der Waals surface area contributed by atoms with Crippen molar-refractivity contribution in [1.29, 1.82) is 5.26 Å². The second-order valence-corrected chi connectivity index (χ2v) is 7.12. The summed E-state index contributed by atoms with van der Waals surface area (Å²) < 4.78 is 5.26. The van der Waals surface area contributed by atoms with Gasteiger partial charge in [0, 0.05) is 32.6 Å². The summed E-state index contributed by atoms with van der Waals surface area (Å²) in [6.45, 7) is 9.17. The number of carbonyl (C=O) groups excluding carboxylic acids is 1. The lowest BCUT2D eigenvalue weighted by Crippen LogP contribution is -2.52. The number of benzene rings is 1. The molecule has 0 radical (unpaired) electrons. The summed E-state index contributed by atoms with van der Waals surface area (Å²) in [5, 5.41) is 9.33. The minimum atomic E-state index is -0.0621. The number of hydrogen-bond donors (Lipinski definition) is 0. The molecule has 0 spiro atoms. The minimum absolute atomic E-state index is 0.0621. The van der Waals surface area contributed by atoms with Crippen molar-refractivity contribution < 1.29 is 9.53 Å². The fraction of sp³-hybridized carbons (Fsp3) is 0.600. The number of nitriles is 1. The van der Waals surface area contributed by atoms with Gasteiger partial charge in [-0.25, -0.2) is 0 Å². The third kappa shape index (κ3) is 4.96. The number of rotatable bonds is 6. The lowest BCUT2D eigenvalue weighted by atomic mass is 9.96. The molecular weight excluding hydrogens is 314 g/mol. The van der Waals surface area contributed by atoms with Gasteiger partial charge < -0.3 is 9.64 Å². The highest BCUT2D eigenvalue weighted by molar-refractivity contribution is 5.77. The number of ether oxygens (including phenoxy) is 1. The molecule has 1 aliphatic heterocycles. The lowest BCUT2D eigenvalue weighted by molar-refractivity contribution is -0.133. The van der Waals surface area contributed by atoms with Gasteiger partial charge >= 0.3 is 0 Å². The largest absolute Gasteiger partial charge is 0.497 e. The highest BCUT2D eigenvalue weighted by Gasteiger charge is 2.28. The van der Waals surface area contributed by atoms with Gasteiger partial charge in [-0.05, 0) is 29.5 Å². The van der Waals surface area contributed by atoms with E-state index < -0.39 is 0 Å². The van der Waals surface area contributed by atoms with Gasteiger partial charge in [0.05, 0.1) is 13.2 Å². The summed E-state index contributed by atoms with van der Waals surface area (Å²) in [6, 6.07) is 10.2. The van der Waals surface area contributed by atoms with Gasteiger partial charge in [0.25, 0.3) is 0 Å². The topological polar surface area (TPSA) is 56.6 Å². The molecule has 0 N–H and O–H groups in total. The van der Waals surface area contributed by atoms with Crippen LogP contribution in [-0.2, 0) is 4.79 Å². The van der Waals surface area contributed by atoms with Crippen molar-refractivity contribution in [2.45, 2.75) is 39.2 Å². The molecule has 1 aromatic carbocycles. The lowest BCUT2D eigenvalue weighted by Gasteiger charge is -2.38. The van der Waals surface area contributed by atoms with E-state index in [-0.39, 0.29) is 17.9 Å². The molecule has 0 unspecified atom stereocenters. The standard InChI is InChI=1S/C20H29N3O2/c1-15(2)19(14-21)22-8-10-23(11-9-22)20(24)12-16(3)17-6-5-7-18(13-17)25-4/h5-7,13,15-16,19H,8-12H2,1-4H3/t16-,19+/m1/s1. The summed E-state index contributed by atoms with van der Waals surface area (Å²) >= 11 is 0. The molecule has 0 bridgehead atoms. The Labute approximate surface area is 151 Å². The van der Waals surface area contributed by atoms with Gasteiger partial charge in [0.2, 0.25) is 5.91 Å². The van der Waals surface area contributed by atoms with E-state index in [2.05, 4.69) is 31.7 Å². The van der Waals surface area contributed by atoms with E-state index in [0.717, 1.165) is 24.4 Å². The second kappa shape index (κ2) is 8.87. The molecule has 1 saturated heterocycles. The zero-order chi connectivity index (χ0) is 18.4. The van der Waals surface area contributed by atoms with Gasteiger partial charge in [-0.1, -0.05) is 32.9 Å². The summed E-state index contributed by atoms with van der Waals surface area (Å²) in [4.78, 5) is 16.8. The van der Waals surface area contributed by atoms with E-state index in [0.29, 0.717) is 25.4 Å². The van der Waals surface area contributed by atoms with Crippen LogP contribution in [-0.4, -0.2) is 55.0 Å². The monoisotopic (exact) mass is 343 g/mol. The summed E-state index contributed by atoms with van der Waals surface area (Å²) in [7, 11) is 1.65. The van der Waals surface area contributed by atoms with Crippen LogP contribution < -0.4 is 4.74 Å². The van der Waals surface area contributed by atoms with Crippen molar-refractivity contribution in [2.75, 3.05) is 33.3 Å². The molecule has 1 heterocycles. The van der Waals surface area contributed by atoms with Crippen LogP contribution in [0.25, 0.3) is 0 Å². The Morgan fingerprint density at radius 2 is 1.92 bits per heavy atom. The average molecular weight is 343 g/mol. The molecule has 5 nitrogen and oxygen atoms in total. The molecule has 2 atom stereocenters. The maximum absolute atomic E-state index is 12.6. The van der Waals surface area contributed by atoms with Crippen LogP contribution in [0.5, 0.6) is 5.75 Å². The van der Waals surface area contributed by atoms with Gasteiger partial charge in [0.1, 0.15) is 11.8 Å². The van der Waals surface area contributed by atoms with Crippen LogP contribution >= 0.6 is 0 Å². The average Bonchev–Trinajstić information content (AvgIpc) is 2.62. The highest BCUT2D eigenvalue weighted by atomic mass is 16.5. The SMILES string of the molecule is COc1cccc([C@H](C)CC(=O)N2CCN([C@@H](C#N)C(C)C)CC2)c1. The number of methoxy groups -OCH3 is 1. The zero-order valence-corrected chi connectivity index (χ0v) is 15.7. The van der Waals surface area contributed by atoms with Crippen LogP contribution in [0, 0.1) is 17.2 Å². The first-order valence-corrected chi connectivity index (χ1v) is 9.01. The quantitative estimate of drug-likeness (QED) is 0.797. The van der Waals surface area contributed by atoms with Crippen molar-refractivity contribution in [2.24, 2.45) is 5.92 Å². The molecule has 0 aromatic heterocycles. The number of hydrogen-bond acceptors (Lipinski definition) is 4. The molecule has 2 rings (SSSR count). The Morgan fingerprint density at radius 3 is 2.48 bits per heavy atom. The Kier molecular flexibility index (Phi) is 6.83. The molecule has 1 aromatic rings. The van der Waals surface area contributed by atoms with Crippen molar-refractivity contribution in [3.8, 4) is 11.8 Å². The smallest absolute Gasteiger partial charge is 0.223 e. The molecule has 1 fully saturated rings. The van der Waals surface area contributed by atoms with Gasteiger partial charge in [-0.15, -0.1) is 0 Å². The van der Waals surface area contributed by atoms with Crippen LogP contribution in [0.3, 0.4) is 0 Å². The molecular formula is C20H29N3O2. The molecule has 0 aliphatic carbocycles. The zero-order valence-electron chi connectivity index (χ0n) is 15.7. The minimum Gasteiger partial charge on any atom is -0.497 e. The van der Waals surface area contributed by atoms with E-state index in [9.17, 15) is 10.1 Å². The Balaban J connectivity index is 1.89. The number of carbonyl (C=O) groups is 1. The number of amides is 1. The van der Waals surface area contributed by atoms with Crippen LogP contribution in [0.1, 0.15) is 38.7 Å². The van der Waals surface area contributed by atoms with Crippen LogP contribution in [0.2, 0.25) is 0 Å². The maximum Gasteiger partial charge on any atom is 0.223 e. The Morgan fingerprint density at radius 1 is 1.24 bits per heavy atom. The molecule has 1 aliphatic rings. The van der Waals surface area contributed by atoms with E-state index >= 15 is 0 Å². The first-order valence-electron chi connectivity index (χ1n) is 9.01. The Bertz CT molecular complexity index is 616. The molecule has 1 amide bonds. The number of nitrogens with zero attached hydrogens (tertiary/aromatic N) is 3. The Hall–Kier alpha value is -2.06. The third-order valence-electron chi connectivity index (χ3n) is 4.97. The van der Waals surface area contributed by atoms with Crippen LogP contribution in [0.4, 0.5) is 0 Å². The molecule has 5 heteroatoms. The molecule has 136 valence electrons. The van der Waals surface area contributed by atoms with Gasteiger partial charge in [-0.3, -0.25) is 9.69 Å². The van der Waals surface area contributed by atoms with Gasteiger partial charge in [0.15, 0.2) is 0 Å². The normalized spacial score (nSPS) is 17.8. The fourth-order valence-corrected chi connectivity index (χ4v) is 3.36. The van der Waals surface area contributed by atoms with E-state index in [4.69, 9.17) is 4.74 Å². The van der Waals surface area contributed by atoms with E-state index in [1.165, 1.54) is 0 Å². The van der Waals surface area contributed by atoms with E-state index in [1.54, 1.807) is 7.11 Å². The summed E-state index contributed by atoms with van der Waals surface area (Å²) in [5.41, 5.74) is 1.12. The first kappa shape index (κ1) is 19.3. The first-order chi connectivity index (χ1) is 12.0. The van der Waals surface area contributed by atoms with Crippen molar-refractivity contribution in [1.82, 2.24) is 9.80 Å². The second-order valence-electron chi connectivity index (χ2n) is 7.12. The maximum atomic E-state index is 12.6. The predicted molar refractivity (Wildman–Crippen MR) is 98.4 cm³/mol. The highest BCUT2D eigenvalue weighted by Crippen LogP contribution is 2.24. The summed E-state index contributed by atoms with van der Waals surface area (Å²) in [5.74, 6) is 1.47. The third-order valence-corrected chi connectivity index (χ3v) is 4.97. The predicted octanol–water partition coefficient (Wildman–Crippen LogP) is 2.88. The summed E-state index contributed by atoms with van der Waals surface area (Å²) in [6.07, 6.45) is 0.499. The van der Waals surface area contributed by atoms with E-state index in [1.807, 2.05) is 29.2 Å². The van der Waals surface area contributed by atoms with Crippen LogP contribution in [0.15, 0.2) is 24.3 Å².